The van der Waals surface area contributed by atoms with E-state index in [2.05, 4.69) is 228 Å². The fraction of sp³-hybridized carbons (Fsp3) is 0. The zero-order chi connectivity index (χ0) is 45.8. The average molecular weight is 884 g/mol. The van der Waals surface area contributed by atoms with E-state index in [4.69, 9.17) is 19.4 Å². The van der Waals surface area contributed by atoms with Crippen molar-refractivity contribution in [3.05, 3.63) is 243 Å². The van der Waals surface area contributed by atoms with E-state index in [9.17, 15) is 0 Å². The Bertz CT molecular complexity index is 4090. The number of hydrogen-bond donors (Lipinski definition) is 0. The summed E-state index contributed by atoms with van der Waals surface area (Å²) in [7, 11) is 0. The van der Waals surface area contributed by atoms with E-state index in [0.29, 0.717) is 17.5 Å². The molecule has 0 unspecified atom stereocenters. The quantitative estimate of drug-likeness (QED) is 0.136. The fourth-order valence-electron chi connectivity index (χ4n) is 10.0. The van der Waals surface area contributed by atoms with Crippen LogP contribution in [-0.2, 0) is 0 Å². The first-order valence-corrected chi connectivity index (χ1v) is 23.1. The smallest absolute Gasteiger partial charge is 0.164 e. The maximum atomic E-state index is 7.34. The number of nitrogens with zero attached hydrogens (tertiary/aromatic N) is 5. The van der Waals surface area contributed by atoms with Crippen molar-refractivity contribution in [3.63, 3.8) is 0 Å². The Labute approximate surface area is 397 Å². The molecule has 0 atom stereocenters. The van der Waals surface area contributed by atoms with Crippen LogP contribution in [0.5, 0.6) is 0 Å². The molecule has 324 valence electrons. The van der Waals surface area contributed by atoms with Crippen molar-refractivity contribution in [2.75, 3.05) is 0 Å². The van der Waals surface area contributed by atoms with Gasteiger partial charge in [-0.15, -0.1) is 0 Å². The van der Waals surface area contributed by atoms with E-state index >= 15 is 0 Å². The van der Waals surface area contributed by atoms with Gasteiger partial charge in [0, 0.05) is 55.2 Å². The minimum Gasteiger partial charge on any atom is -0.452 e. The molecule has 9 aromatic carbocycles. The molecular formula is C63H41N5O. The van der Waals surface area contributed by atoms with Crippen molar-refractivity contribution >= 4 is 77.3 Å². The zero-order valence-corrected chi connectivity index (χ0v) is 37.4. The molecule has 0 aliphatic rings. The van der Waals surface area contributed by atoms with Gasteiger partial charge in [0.1, 0.15) is 0 Å². The van der Waals surface area contributed by atoms with E-state index in [-0.39, 0.29) is 0 Å². The molecule has 13 rings (SSSR count). The van der Waals surface area contributed by atoms with Gasteiger partial charge in [-0.1, -0.05) is 183 Å². The van der Waals surface area contributed by atoms with Crippen molar-refractivity contribution in [3.8, 4) is 50.7 Å². The lowest BCUT2D eigenvalue weighted by atomic mass is 10.0. The van der Waals surface area contributed by atoms with Crippen LogP contribution in [0, 0.1) is 0 Å². The van der Waals surface area contributed by atoms with Gasteiger partial charge in [-0.25, -0.2) is 15.0 Å². The van der Waals surface area contributed by atoms with Crippen LogP contribution in [0.3, 0.4) is 0 Å². The van der Waals surface area contributed by atoms with Crippen LogP contribution in [0.1, 0.15) is 5.82 Å². The minimum absolute atomic E-state index is 0.505. The molecule has 4 aromatic heterocycles. The lowest BCUT2D eigenvalue weighted by Gasteiger charge is -2.12. The number of fused-ring (bicyclic) bond motifs is 11. The number of furan rings is 1. The number of para-hydroxylation sites is 3. The van der Waals surface area contributed by atoms with Gasteiger partial charge in [0.15, 0.2) is 28.6 Å². The Morgan fingerprint density at radius 1 is 0.420 bits per heavy atom. The molecule has 69 heavy (non-hydrogen) atoms. The van der Waals surface area contributed by atoms with E-state index < -0.39 is 0 Å². The standard InChI is InChI=1S/C63H41N5O/c1-2-3-27-48(40-57-64-62(45-25-17-23-43(38-45)41-19-7-4-8-20-41)66-63(65-57)46-26-18-24-44(39-46)42-21-9-5-10-22-42)68-56-33-16-14-31-50(56)52-35-37-54-53-36-34-51-49-30-13-15-32-55(49)67(47-28-11-6-12-29-47)58(51)60(53)69-61(54)59(52)68/h2-40H,1H2/b27-3-,48-40+. The first-order chi connectivity index (χ1) is 34.2. The van der Waals surface area contributed by atoms with Gasteiger partial charge in [-0.05, 0) is 76.9 Å². The molecule has 4 heterocycles. The summed E-state index contributed by atoms with van der Waals surface area (Å²) in [5.74, 6) is 1.65. The number of hydrogen-bond acceptors (Lipinski definition) is 4. The molecule has 13 aromatic rings. The maximum absolute atomic E-state index is 7.34. The molecule has 0 spiro atoms. The van der Waals surface area contributed by atoms with E-state index in [0.717, 1.165) is 105 Å². The van der Waals surface area contributed by atoms with Gasteiger partial charge < -0.3 is 13.6 Å². The SMILES string of the molecule is C=C/C=C\C(=C/c1nc(-c2cccc(-c3ccccc3)c2)nc(-c2cccc(-c3ccccc3)c2)n1)n1c2ccccc2c2ccc3c4ccc5c6ccccc6n(-c6ccccc6)c5c4oc3c21. The molecule has 0 radical (unpaired) electrons. The molecule has 0 N–H and O–H groups in total. The highest BCUT2D eigenvalue weighted by atomic mass is 16.3. The van der Waals surface area contributed by atoms with Gasteiger partial charge in [0.05, 0.1) is 27.8 Å². The van der Waals surface area contributed by atoms with Crippen molar-refractivity contribution < 1.29 is 4.42 Å². The second kappa shape index (κ2) is 16.5. The topological polar surface area (TPSA) is 61.7 Å². The Hall–Kier alpha value is -9.39. The molecule has 0 saturated carbocycles. The van der Waals surface area contributed by atoms with Crippen LogP contribution in [-0.4, -0.2) is 24.1 Å². The lowest BCUT2D eigenvalue weighted by molar-refractivity contribution is 0.673. The van der Waals surface area contributed by atoms with Crippen LogP contribution in [0.15, 0.2) is 242 Å². The van der Waals surface area contributed by atoms with Gasteiger partial charge >= 0.3 is 0 Å². The molecular weight excluding hydrogens is 843 g/mol. The highest BCUT2D eigenvalue weighted by Crippen LogP contribution is 2.44. The van der Waals surface area contributed by atoms with Crippen molar-refractivity contribution in [1.82, 2.24) is 24.1 Å². The molecule has 0 fully saturated rings. The monoisotopic (exact) mass is 883 g/mol. The number of aromatic nitrogens is 5. The second-order valence-corrected chi connectivity index (χ2v) is 17.2. The largest absolute Gasteiger partial charge is 0.452 e. The Morgan fingerprint density at radius 2 is 0.899 bits per heavy atom. The molecule has 6 heteroatoms. The van der Waals surface area contributed by atoms with Crippen LogP contribution in [0.2, 0.25) is 0 Å². The summed E-state index contributed by atoms with van der Waals surface area (Å²) in [4.78, 5) is 15.7. The normalized spacial score (nSPS) is 12.1. The van der Waals surface area contributed by atoms with E-state index in [1.165, 1.54) is 5.39 Å². The van der Waals surface area contributed by atoms with Crippen LogP contribution in [0.25, 0.3) is 128 Å². The lowest BCUT2D eigenvalue weighted by Crippen LogP contribution is -2.02. The average Bonchev–Trinajstić information content (AvgIpc) is 4.09. The van der Waals surface area contributed by atoms with Gasteiger partial charge in [0.25, 0.3) is 0 Å². The summed E-state index contributed by atoms with van der Waals surface area (Å²) >= 11 is 0. The Balaban J connectivity index is 1.07. The number of benzene rings is 9. The summed E-state index contributed by atoms with van der Waals surface area (Å²) in [5, 5.41) is 6.56. The molecule has 0 amide bonds. The van der Waals surface area contributed by atoms with Crippen LogP contribution in [0.4, 0.5) is 0 Å². The number of allylic oxidation sites excluding steroid dienone is 4. The van der Waals surface area contributed by atoms with Crippen molar-refractivity contribution in [1.29, 1.82) is 0 Å². The third kappa shape index (κ3) is 6.77. The van der Waals surface area contributed by atoms with Gasteiger partial charge in [0.2, 0.25) is 0 Å². The predicted molar refractivity (Wildman–Crippen MR) is 286 cm³/mol. The van der Waals surface area contributed by atoms with Crippen molar-refractivity contribution in [2.24, 2.45) is 0 Å². The molecule has 0 aliphatic carbocycles. The molecule has 0 saturated heterocycles. The maximum Gasteiger partial charge on any atom is 0.164 e. The fourth-order valence-corrected chi connectivity index (χ4v) is 10.0. The van der Waals surface area contributed by atoms with E-state index in [1.54, 1.807) is 6.08 Å². The summed E-state index contributed by atoms with van der Waals surface area (Å²) in [5.41, 5.74) is 13.8. The number of rotatable bonds is 9. The third-order valence-corrected chi connectivity index (χ3v) is 13.1. The third-order valence-electron chi connectivity index (χ3n) is 13.1. The zero-order valence-electron chi connectivity index (χ0n) is 37.4. The summed E-state index contributed by atoms with van der Waals surface area (Å²) < 4.78 is 12.0. The predicted octanol–water partition coefficient (Wildman–Crippen LogP) is 16.4. The molecule has 0 aliphatic heterocycles. The minimum atomic E-state index is 0.505. The first-order valence-electron chi connectivity index (χ1n) is 23.1. The Morgan fingerprint density at radius 3 is 1.51 bits per heavy atom. The molecule has 0 bridgehead atoms. The van der Waals surface area contributed by atoms with Crippen LogP contribution < -0.4 is 0 Å². The molecule has 6 nitrogen and oxygen atoms in total. The summed E-state index contributed by atoms with van der Waals surface area (Å²) in [6.45, 7) is 4.09. The summed E-state index contributed by atoms with van der Waals surface area (Å²) in [6.07, 6.45) is 7.88. The second-order valence-electron chi connectivity index (χ2n) is 17.2. The first kappa shape index (κ1) is 39.9. The highest BCUT2D eigenvalue weighted by molar-refractivity contribution is 6.26. The van der Waals surface area contributed by atoms with Gasteiger partial charge in [-0.2, -0.15) is 0 Å². The van der Waals surface area contributed by atoms with E-state index in [1.807, 2.05) is 18.2 Å². The highest BCUT2D eigenvalue weighted by Gasteiger charge is 2.23. The van der Waals surface area contributed by atoms with Crippen molar-refractivity contribution in [2.45, 2.75) is 0 Å². The van der Waals surface area contributed by atoms with Gasteiger partial charge in [-0.3, -0.25) is 0 Å². The van der Waals surface area contributed by atoms with Crippen LogP contribution >= 0.6 is 0 Å². The Kier molecular flexibility index (Phi) is 9.54. The summed E-state index contributed by atoms with van der Waals surface area (Å²) in [6, 6.07) is 74.2.